The molecule has 1 saturated carbocycles. The maximum absolute atomic E-state index is 12.6. The van der Waals surface area contributed by atoms with Gasteiger partial charge in [-0.05, 0) is 0 Å². The number of hydrogen-bond acceptors (Lipinski definition) is 7. The van der Waals surface area contributed by atoms with Gasteiger partial charge < -0.3 is 0 Å². The van der Waals surface area contributed by atoms with Crippen molar-refractivity contribution >= 4 is 55.9 Å². The van der Waals surface area contributed by atoms with Crippen LogP contribution in [-0.4, -0.2) is 85.1 Å². The van der Waals surface area contributed by atoms with Crippen molar-refractivity contribution in [3.05, 3.63) is 29.4 Å². The minimum absolute atomic E-state index is 0.389. The standard InChI is InChI=1S/C14H14F3N4.C7H9N2S.Sn/c15-14(16,17)10-20-4-6-21(7-5-20)11-8-13-12(19-9-11)2-1-3-18-13;1-2-4-6(3-1)7-9-8-5-10-7;/h1-2,8-9H,4-7,10H2;6H,1-4H2;. The maximum atomic E-state index is 12.6. The van der Waals surface area contributed by atoms with Crippen molar-refractivity contribution in [2.24, 2.45) is 0 Å². The summed E-state index contributed by atoms with van der Waals surface area (Å²) in [5.41, 5.74) is 2.58. The van der Waals surface area contributed by atoms with Gasteiger partial charge in [-0.2, -0.15) is 0 Å². The van der Waals surface area contributed by atoms with Crippen LogP contribution in [0.5, 0.6) is 0 Å². The van der Waals surface area contributed by atoms with Crippen molar-refractivity contribution < 1.29 is 13.2 Å². The van der Waals surface area contributed by atoms with Crippen molar-refractivity contribution in [2.45, 2.75) is 37.8 Å². The van der Waals surface area contributed by atoms with Crippen molar-refractivity contribution in [1.82, 2.24) is 25.1 Å². The van der Waals surface area contributed by atoms with Crippen LogP contribution in [0, 0.1) is 0 Å². The van der Waals surface area contributed by atoms with Gasteiger partial charge in [-0.15, -0.1) is 0 Å². The molecule has 2 radical (unpaired) electrons. The van der Waals surface area contributed by atoms with Gasteiger partial charge in [0.2, 0.25) is 0 Å². The zero-order valence-electron chi connectivity index (χ0n) is 17.5. The van der Waals surface area contributed by atoms with E-state index >= 15 is 0 Å². The Bertz CT molecular complexity index is 1080. The number of pyridine rings is 2. The third-order valence-corrected chi connectivity index (χ3v) is 10.9. The summed E-state index contributed by atoms with van der Waals surface area (Å²) in [6.07, 6.45) is 2.68. The molecule has 0 aromatic carbocycles. The van der Waals surface area contributed by atoms with E-state index in [1.54, 1.807) is 17.5 Å². The molecule has 0 spiro atoms. The van der Waals surface area contributed by atoms with E-state index in [4.69, 9.17) is 4.98 Å². The van der Waals surface area contributed by atoms with E-state index in [-0.39, 0.29) is 0 Å². The molecule has 3 aromatic rings. The Balaban J connectivity index is 1.27. The molecular formula is C21H23F3N6SSn. The normalized spacial score (nSPS) is 18.7. The van der Waals surface area contributed by atoms with Crippen LogP contribution in [-0.2, 0) is 0 Å². The molecule has 11 heteroatoms. The number of hydrogen-bond donors (Lipinski definition) is 0. The van der Waals surface area contributed by atoms with E-state index < -0.39 is 33.9 Å². The number of nitrogens with zero attached hydrogens (tertiary/aromatic N) is 6. The van der Waals surface area contributed by atoms with Gasteiger partial charge in [0.15, 0.2) is 0 Å². The number of piperazine rings is 1. The number of fused-ring (bicyclic) bond motifs is 1. The third-order valence-electron chi connectivity index (χ3n) is 6.04. The van der Waals surface area contributed by atoms with Gasteiger partial charge in [-0.25, -0.2) is 0 Å². The Kier molecular flexibility index (Phi) is 6.53. The zero-order valence-corrected chi connectivity index (χ0v) is 21.1. The number of halogens is 3. The van der Waals surface area contributed by atoms with Gasteiger partial charge in [0.1, 0.15) is 0 Å². The third kappa shape index (κ3) is 5.33. The summed E-state index contributed by atoms with van der Waals surface area (Å²) in [6.45, 7) is 1.03. The molecule has 1 aliphatic carbocycles. The van der Waals surface area contributed by atoms with E-state index in [0.717, 1.165) is 23.5 Å². The molecular weight excluding hydrogens is 544 g/mol. The van der Waals surface area contributed by atoms with Crippen molar-refractivity contribution in [3.8, 4) is 0 Å². The quantitative estimate of drug-likeness (QED) is 0.442. The van der Waals surface area contributed by atoms with Crippen molar-refractivity contribution in [2.75, 3.05) is 37.6 Å². The van der Waals surface area contributed by atoms with Gasteiger partial charge in [0, 0.05) is 0 Å². The van der Waals surface area contributed by atoms with Gasteiger partial charge >= 0.3 is 199 Å². The Morgan fingerprint density at radius 1 is 1.03 bits per heavy atom. The molecule has 0 unspecified atom stereocenters. The molecule has 5 rings (SSSR count). The van der Waals surface area contributed by atoms with Gasteiger partial charge in [-0.3, -0.25) is 0 Å². The van der Waals surface area contributed by atoms with E-state index in [2.05, 4.69) is 20.1 Å². The molecule has 3 aromatic heterocycles. The molecule has 0 atom stereocenters. The minimum atomic E-state index is -4.15. The second-order valence-electron chi connectivity index (χ2n) is 8.36. The topological polar surface area (TPSA) is 58.0 Å². The van der Waals surface area contributed by atoms with E-state index in [1.165, 1.54) is 35.6 Å². The average molecular weight is 567 g/mol. The van der Waals surface area contributed by atoms with Crippen LogP contribution >= 0.6 is 11.3 Å². The first-order valence-corrected chi connectivity index (χ1v) is 14.5. The van der Waals surface area contributed by atoms with Crippen LogP contribution in [0.4, 0.5) is 18.9 Å². The summed E-state index contributed by atoms with van der Waals surface area (Å²) in [6, 6.07) is 6.06. The summed E-state index contributed by atoms with van der Waals surface area (Å²) < 4.78 is 40.1. The van der Waals surface area contributed by atoms with Crippen LogP contribution < -0.4 is 11.6 Å². The molecule has 0 amide bonds. The van der Waals surface area contributed by atoms with Crippen LogP contribution in [0.1, 0.15) is 36.6 Å². The van der Waals surface area contributed by atoms with Crippen molar-refractivity contribution in [1.29, 1.82) is 0 Å². The predicted octanol–water partition coefficient (Wildman–Crippen LogP) is 2.48. The SMILES string of the molecule is FC(F)(F)CN1CCN(c2cnc3cc[c]([Sn][c]4nnc(C5CCCC5)s4)nc3c2)CC1. The van der Waals surface area contributed by atoms with Crippen molar-refractivity contribution in [3.63, 3.8) is 0 Å². The first-order valence-electron chi connectivity index (χ1n) is 10.8. The first kappa shape index (κ1) is 22.3. The number of aromatic nitrogens is 4. The fourth-order valence-electron chi connectivity index (χ4n) is 4.39. The molecule has 2 aliphatic rings. The molecule has 32 heavy (non-hydrogen) atoms. The Hall–Kier alpha value is -1.53. The second kappa shape index (κ2) is 9.38. The Labute approximate surface area is 198 Å². The molecule has 1 aliphatic heterocycles. The molecule has 1 saturated heterocycles. The van der Waals surface area contributed by atoms with E-state index in [1.807, 2.05) is 18.2 Å². The fourth-order valence-corrected chi connectivity index (χ4v) is 9.13. The Morgan fingerprint density at radius 3 is 2.56 bits per heavy atom. The fraction of sp³-hybridized carbons (Fsp3) is 0.524. The number of alkyl halides is 3. The van der Waals surface area contributed by atoms with Crippen LogP contribution in [0.3, 0.4) is 0 Å². The van der Waals surface area contributed by atoms with Gasteiger partial charge in [-0.1, -0.05) is 0 Å². The number of anilines is 1. The summed E-state index contributed by atoms with van der Waals surface area (Å²) >= 11 is 0.632. The summed E-state index contributed by atoms with van der Waals surface area (Å²) in [5, 5.41) is 10.1. The Morgan fingerprint density at radius 2 is 1.81 bits per heavy atom. The summed E-state index contributed by atoms with van der Waals surface area (Å²) in [7, 11) is 0. The predicted molar refractivity (Wildman–Crippen MR) is 120 cm³/mol. The summed E-state index contributed by atoms with van der Waals surface area (Å²) in [5.74, 6) is 0.591. The van der Waals surface area contributed by atoms with Crippen LogP contribution in [0.25, 0.3) is 11.0 Å². The molecule has 4 heterocycles. The monoisotopic (exact) mass is 568 g/mol. The van der Waals surface area contributed by atoms with Gasteiger partial charge in [0.05, 0.1) is 0 Å². The zero-order chi connectivity index (χ0) is 22.1. The molecule has 0 N–H and O–H groups in total. The number of rotatable bonds is 5. The van der Waals surface area contributed by atoms with Crippen LogP contribution in [0.15, 0.2) is 24.4 Å². The molecule has 168 valence electrons. The van der Waals surface area contributed by atoms with Gasteiger partial charge in [0.25, 0.3) is 0 Å². The molecule has 6 nitrogen and oxygen atoms in total. The average Bonchev–Trinajstić information content (AvgIpc) is 3.45. The second-order valence-corrected chi connectivity index (χ2v) is 13.9. The van der Waals surface area contributed by atoms with E-state index in [0.29, 0.717) is 32.1 Å². The summed E-state index contributed by atoms with van der Waals surface area (Å²) in [4.78, 5) is 12.9. The van der Waals surface area contributed by atoms with Crippen LogP contribution in [0.2, 0.25) is 0 Å². The molecule has 0 bridgehead atoms. The molecule has 2 fully saturated rings. The van der Waals surface area contributed by atoms with E-state index in [9.17, 15) is 13.2 Å². The first-order chi connectivity index (χ1) is 15.4.